The molecule has 0 amide bonds. The molecule has 2 N–H and O–H groups in total. The van der Waals surface area contributed by atoms with Gasteiger partial charge in [-0.25, -0.2) is 4.63 Å². The Labute approximate surface area is 99.5 Å². The molecule has 5 heteroatoms. The van der Waals surface area contributed by atoms with Crippen molar-refractivity contribution in [3.63, 3.8) is 0 Å². The molecule has 0 saturated carbocycles. The fourth-order valence-electron chi connectivity index (χ4n) is 1.48. The second-order valence-corrected chi connectivity index (χ2v) is 3.81. The van der Waals surface area contributed by atoms with Crippen molar-refractivity contribution in [2.75, 3.05) is 5.73 Å². The Balaban J connectivity index is 2.07. The first-order chi connectivity index (χ1) is 8.20. The molecule has 0 radical (unpaired) electrons. The van der Waals surface area contributed by atoms with E-state index in [0.717, 1.165) is 12.1 Å². The zero-order valence-electron chi connectivity index (χ0n) is 9.93. The smallest absolute Gasteiger partial charge is 0.145 e. The summed E-state index contributed by atoms with van der Waals surface area (Å²) < 4.78 is 10.2. The molecular formula is C12H15N3O2. The van der Waals surface area contributed by atoms with Crippen molar-refractivity contribution in [2.45, 2.75) is 26.9 Å². The van der Waals surface area contributed by atoms with Crippen molar-refractivity contribution in [1.29, 1.82) is 0 Å². The molecule has 0 saturated heterocycles. The first-order valence-corrected chi connectivity index (χ1v) is 5.50. The lowest BCUT2D eigenvalue weighted by Gasteiger charge is -2.08. The molecule has 90 valence electrons. The van der Waals surface area contributed by atoms with Gasteiger partial charge < -0.3 is 10.5 Å². The van der Waals surface area contributed by atoms with E-state index in [0.29, 0.717) is 23.7 Å². The number of aromatic nitrogens is 2. The maximum absolute atomic E-state index is 5.89. The zero-order valence-corrected chi connectivity index (χ0v) is 9.93. The number of nitrogens with zero attached hydrogens (tertiary/aromatic N) is 2. The van der Waals surface area contributed by atoms with Gasteiger partial charge in [0.1, 0.15) is 23.7 Å². The van der Waals surface area contributed by atoms with Gasteiger partial charge in [-0.3, -0.25) is 0 Å². The summed E-state index contributed by atoms with van der Waals surface area (Å²) in [6.45, 7) is 4.21. The highest BCUT2D eigenvalue weighted by molar-refractivity contribution is 5.54. The average Bonchev–Trinajstić information content (AvgIpc) is 2.73. The molecule has 0 fully saturated rings. The summed E-state index contributed by atoms with van der Waals surface area (Å²) in [7, 11) is 0. The van der Waals surface area contributed by atoms with Crippen molar-refractivity contribution < 1.29 is 9.37 Å². The Morgan fingerprint density at radius 2 is 2.18 bits per heavy atom. The second-order valence-electron chi connectivity index (χ2n) is 3.81. The fraction of sp³-hybridized carbons (Fsp3) is 0.333. The monoisotopic (exact) mass is 233 g/mol. The van der Waals surface area contributed by atoms with Crippen molar-refractivity contribution in [3.05, 3.63) is 35.2 Å². The minimum Gasteiger partial charge on any atom is -0.485 e. The van der Waals surface area contributed by atoms with Crippen LogP contribution in [0.4, 0.5) is 5.69 Å². The second kappa shape index (κ2) is 4.86. The lowest BCUT2D eigenvalue weighted by molar-refractivity contribution is 0.271. The number of aryl methyl sites for hydroxylation is 2. The molecule has 2 aromatic rings. The number of rotatable bonds is 4. The molecule has 0 bridgehead atoms. The predicted octanol–water partition coefficient (Wildman–Crippen LogP) is 2.10. The molecule has 1 aromatic carbocycles. The standard InChI is InChI=1S/C12H15N3O2/c1-3-9-4-5-12(10(13)6-9)16-7-11-8(2)14-17-15-11/h4-6H,3,7,13H2,1-2H3. The Kier molecular flexibility index (Phi) is 3.27. The maximum atomic E-state index is 5.89. The number of anilines is 1. The van der Waals surface area contributed by atoms with E-state index in [1.807, 2.05) is 25.1 Å². The SMILES string of the molecule is CCc1ccc(OCc2nonc2C)c(N)c1. The third-order valence-electron chi connectivity index (χ3n) is 2.59. The summed E-state index contributed by atoms with van der Waals surface area (Å²) in [5.74, 6) is 0.657. The van der Waals surface area contributed by atoms with Crippen LogP contribution in [0.25, 0.3) is 0 Å². The number of nitrogens with two attached hydrogens (primary N) is 1. The van der Waals surface area contributed by atoms with Crippen LogP contribution in [0.5, 0.6) is 5.75 Å². The van der Waals surface area contributed by atoms with Crippen molar-refractivity contribution in [3.8, 4) is 5.75 Å². The van der Waals surface area contributed by atoms with Crippen LogP contribution >= 0.6 is 0 Å². The molecule has 1 heterocycles. The molecule has 0 spiro atoms. The van der Waals surface area contributed by atoms with E-state index in [9.17, 15) is 0 Å². The Morgan fingerprint density at radius 1 is 1.35 bits per heavy atom. The van der Waals surface area contributed by atoms with Crippen LogP contribution in [0.3, 0.4) is 0 Å². The third-order valence-corrected chi connectivity index (χ3v) is 2.59. The van der Waals surface area contributed by atoms with Gasteiger partial charge in [-0.1, -0.05) is 23.3 Å². The van der Waals surface area contributed by atoms with Gasteiger partial charge in [0.15, 0.2) is 0 Å². The Hall–Kier alpha value is -2.04. The average molecular weight is 233 g/mol. The summed E-state index contributed by atoms with van der Waals surface area (Å²) in [5, 5.41) is 7.42. The number of ether oxygens (including phenoxy) is 1. The normalized spacial score (nSPS) is 10.5. The number of hydrogen-bond acceptors (Lipinski definition) is 5. The number of benzene rings is 1. The molecule has 0 aliphatic rings. The van der Waals surface area contributed by atoms with E-state index in [1.165, 1.54) is 5.56 Å². The molecule has 2 rings (SSSR count). The highest BCUT2D eigenvalue weighted by Gasteiger charge is 2.07. The van der Waals surface area contributed by atoms with Gasteiger partial charge in [0.25, 0.3) is 0 Å². The van der Waals surface area contributed by atoms with Gasteiger partial charge in [-0.05, 0) is 31.0 Å². The first-order valence-electron chi connectivity index (χ1n) is 5.50. The van der Waals surface area contributed by atoms with Crippen LogP contribution in [-0.2, 0) is 13.0 Å². The van der Waals surface area contributed by atoms with Crippen LogP contribution in [0.15, 0.2) is 22.8 Å². The maximum Gasteiger partial charge on any atom is 0.145 e. The lowest BCUT2D eigenvalue weighted by atomic mass is 10.1. The van der Waals surface area contributed by atoms with Crippen LogP contribution in [-0.4, -0.2) is 10.3 Å². The summed E-state index contributed by atoms with van der Waals surface area (Å²) in [5.41, 5.74) is 9.13. The molecule has 0 aliphatic heterocycles. The van der Waals surface area contributed by atoms with Gasteiger partial charge in [0.05, 0.1) is 5.69 Å². The summed E-state index contributed by atoms with van der Waals surface area (Å²) in [4.78, 5) is 0. The van der Waals surface area contributed by atoms with Crippen molar-refractivity contribution in [1.82, 2.24) is 10.3 Å². The predicted molar refractivity (Wildman–Crippen MR) is 63.6 cm³/mol. The summed E-state index contributed by atoms with van der Waals surface area (Å²) in [6, 6.07) is 5.79. The highest BCUT2D eigenvalue weighted by atomic mass is 16.6. The largest absolute Gasteiger partial charge is 0.485 e. The van der Waals surface area contributed by atoms with Crippen LogP contribution < -0.4 is 10.5 Å². The summed E-state index contributed by atoms with van der Waals surface area (Å²) >= 11 is 0. The molecule has 1 aromatic heterocycles. The van der Waals surface area contributed by atoms with Crippen LogP contribution in [0, 0.1) is 6.92 Å². The lowest BCUT2D eigenvalue weighted by Crippen LogP contribution is -2.01. The van der Waals surface area contributed by atoms with Gasteiger partial charge in [0, 0.05) is 0 Å². The quantitative estimate of drug-likeness (QED) is 0.818. The minimum absolute atomic E-state index is 0.311. The summed E-state index contributed by atoms with van der Waals surface area (Å²) in [6.07, 6.45) is 0.955. The van der Waals surface area contributed by atoms with E-state index in [1.54, 1.807) is 0 Å². The Bertz CT molecular complexity index is 508. The van der Waals surface area contributed by atoms with Gasteiger partial charge >= 0.3 is 0 Å². The highest BCUT2D eigenvalue weighted by Crippen LogP contribution is 2.23. The van der Waals surface area contributed by atoms with E-state index in [4.69, 9.17) is 10.5 Å². The third kappa shape index (κ3) is 2.55. The Morgan fingerprint density at radius 3 is 2.76 bits per heavy atom. The zero-order chi connectivity index (χ0) is 12.3. The van der Waals surface area contributed by atoms with E-state index >= 15 is 0 Å². The van der Waals surface area contributed by atoms with Crippen molar-refractivity contribution in [2.24, 2.45) is 0 Å². The fourth-order valence-corrected chi connectivity index (χ4v) is 1.48. The molecular weight excluding hydrogens is 218 g/mol. The van der Waals surface area contributed by atoms with E-state index in [-0.39, 0.29) is 0 Å². The number of hydrogen-bond donors (Lipinski definition) is 1. The number of nitrogen functional groups attached to an aromatic ring is 1. The molecule has 17 heavy (non-hydrogen) atoms. The molecule has 0 atom stereocenters. The molecule has 0 aliphatic carbocycles. The topological polar surface area (TPSA) is 74.2 Å². The molecule has 0 unspecified atom stereocenters. The van der Waals surface area contributed by atoms with Crippen molar-refractivity contribution >= 4 is 5.69 Å². The molecule has 5 nitrogen and oxygen atoms in total. The minimum atomic E-state index is 0.311. The van der Waals surface area contributed by atoms with E-state index in [2.05, 4.69) is 21.9 Å². The van der Waals surface area contributed by atoms with Crippen LogP contribution in [0.2, 0.25) is 0 Å². The van der Waals surface area contributed by atoms with Gasteiger partial charge in [-0.2, -0.15) is 0 Å². The van der Waals surface area contributed by atoms with Crippen LogP contribution in [0.1, 0.15) is 23.9 Å². The first kappa shape index (κ1) is 11.4. The van der Waals surface area contributed by atoms with Gasteiger partial charge in [-0.15, -0.1) is 0 Å². The van der Waals surface area contributed by atoms with Gasteiger partial charge in [0.2, 0.25) is 0 Å². The van der Waals surface area contributed by atoms with E-state index < -0.39 is 0 Å².